The van der Waals surface area contributed by atoms with Gasteiger partial charge in [-0.15, -0.1) is 0 Å². The second kappa shape index (κ2) is 6.66. The first-order valence-electron chi connectivity index (χ1n) is 8.71. The van der Waals surface area contributed by atoms with Gasteiger partial charge in [-0.05, 0) is 23.6 Å². The van der Waals surface area contributed by atoms with Crippen LogP contribution in [-0.2, 0) is 17.7 Å². The maximum absolute atomic E-state index is 14.6. The van der Waals surface area contributed by atoms with Crippen LogP contribution in [0.3, 0.4) is 0 Å². The lowest BCUT2D eigenvalue weighted by atomic mass is 9.99. The molecule has 7 nitrogen and oxygen atoms in total. The first kappa shape index (κ1) is 18.0. The number of nitrogen functional groups attached to an aromatic ring is 1. The molecule has 4 rings (SSSR count). The third-order valence-corrected chi connectivity index (χ3v) is 5.13. The van der Waals surface area contributed by atoms with E-state index in [0.29, 0.717) is 17.7 Å². The number of benzene rings is 1. The predicted octanol–water partition coefficient (Wildman–Crippen LogP) is 0.777. The molecule has 2 aromatic rings. The Hall–Kier alpha value is -2.36. The van der Waals surface area contributed by atoms with E-state index in [0.717, 1.165) is 18.2 Å². The summed E-state index contributed by atoms with van der Waals surface area (Å²) >= 11 is 0. The number of hydrogen-bond donors (Lipinski definition) is 2. The molecule has 0 unspecified atom stereocenters. The van der Waals surface area contributed by atoms with Crippen molar-refractivity contribution in [2.24, 2.45) is 0 Å². The molecule has 3 N–H and O–H groups in total. The Labute approximate surface area is 154 Å². The summed E-state index contributed by atoms with van der Waals surface area (Å²) in [5.74, 6) is -3.69. The lowest BCUT2D eigenvalue weighted by Crippen LogP contribution is -2.44. The lowest BCUT2D eigenvalue weighted by Gasteiger charge is -2.31. The van der Waals surface area contributed by atoms with Gasteiger partial charge in [0, 0.05) is 25.8 Å². The monoisotopic (exact) mass is 378 g/mol. The molecule has 0 bridgehead atoms. The maximum Gasteiger partial charge on any atom is 0.351 e. The van der Waals surface area contributed by atoms with E-state index >= 15 is 0 Å². The number of nitrogens with two attached hydrogens (primary N) is 1. The highest BCUT2D eigenvalue weighted by molar-refractivity contribution is 5.29. The van der Waals surface area contributed by atoms with E-state index in [4.69, 9.17) is 10.5 Å². The highest BCUT2D eigenvalue weighted by atomic mass is 19.3. The van der Waals surface area contributed by atoms with Crippen LogP contribution in [0, 0.1) is 0 Å². The van der Waals surface area contributed by atoms with Crippen molar-refractivity contribution in [1.82, 2.24) is 14.5 Å². The molecule has 3 atom stereocenters. The summed E-state index contributed by atoms with van der Waals surface area (Å²) in [7, 11) is 0. The molecule has 0 aliphatic carbocycles. The highest BCUT2D eigenvalue weighted by Gasteiger charge is 2.59. The number of aliphatic hydroxyl groups excluding tert-OH is 1. The van der Waals surface area contributed by atoms with Gasteiger partial charge in [-0.1, -0.05) is 24.3 Å². The van der Waals surface area contributed by atoms with E-state index < -0.39 is 30.0 Å². The molecule has 1 aromatic carbocycles. The summed E-state index contributed by atoms with van der Waals surface area (Å²) in [6.45, 7) is 1.42. The van der Waals surface area contributed by atoms with Gasteiger partial charge in [0.15, 0.2) is 0 Å². The predicted molar refractivity (Wildman–Crippen MR) is 93.2 cm³/mol. The molecule has 9 heteroatoms. The van der Waals surface area contributed by atoms with Crippen LogP contribution in [-0.4, -0.2) is 50.8 Å². The van der Waals surface area contributed by atoms with Gasteiger partial charge in [0.05, 0.1) is 0 Å². The van der Waals surface area contributed by atoms with Crippen molar-refractivity contribution in [3.05, 3.63) is 58.1 Å². The SMILES string of the molecule is Nc1ccn([C@@H]2O[C@H](CN3CCc4ccccc4C3)[C@@H](O)C2(F)F)c(=O)n1. The van der Waals surface area contributed by atoms with Crippen molar-refractivity contribution in [2.75, 3.05) is 18.8 Å². The van der Waals surface area contributed by atoms with Gasteiger partial charge in [-0.25, -0.2) is 4.79 Å². The molecule has 2 aliphatic rings. The minimum atomic E-state index is -3.63. The number of hydrogen-bond acceptors (Lipinski definition) is 6. The Kier molecular flexibility index (Phi) is 4.45. The number of ether oxygens (including phenoxy) is 1. The summed E-state index contributed by atoms with van der Waals surface area (Å²) < 4.78 is 35.3. The fourth-order valence-corrected chi connectivity index (χ4v) is 3.69. The molecule has 2 aliphatic heterocycles. The van der Waals surface area contributed by atoms with E-state index in [-0.39, 0.29) is 12.4 Å². The van der Waals surface area contributed by atoms with Crippen molar-refractivity contribution >= 4 is 5.82 Å². The van der Waals surface area contributed by atoms with Crippen molar-refractivity contribution in [1.29, 1.82) is 0 Å². The number of rotatable bonds is 3. The summed E-state index contributed by atoms with van der Waals surface area (Å²) in [6, 6.07) is 9.21. The molecule has 27 heavy (non-hydrogen) atoms. The van der Waals surface area contributed by atoms with Gasteiger partial charge >= 0.3 is 11.6 Å². The number of aromatic nitrogens is 2. The Morgan fingerprint density at radius 1 is 1.30 bits per heavy atom. The van der Waals surface area contributed by atoms with E-state index in [2.05, 4.69) is 11.1 Å². The van der Waals surface area contributed by atoms with Crippen LogP contribution in [0.25, 0.3) is 0 Å². The minimum Gasteiger partial charge on any atom is -0.384 e. The van der Waals surface area contributed by atoms with Gasteiger partial charge in [0.2, 0.25) is 6.23 Å². The molecule has 144 valence electrons. The fraction of sp³-hybridized carbons (Fsp3) is 0.444. The van der Waals surface area contributed by atoms with Gasteiger partial charge in [0.25, 0.3) is 0 Å². The molecule has 0 saturated carbocycles. The number of anilines is 1. The van der Waals surface area contributed by atoms with Gasteiger partial charge < -0.3 is 15.6 Å². The zero-order chi connectivity index (χ0) is 19.2. The molecule has 1 fully saturated rings. The molecule has 0 radical (unpaired) electrons. The van der Waals surface area contributed by atoms with Crippen LogP contribution in [0.5, 0.6) is 0 Å². The van der Waals surface area contributed by atoms with Crippen molar-refractivity contribution in [2.45, 2.75) is 37.3 Å². The second-order valence-corrected chi connectivity index (χ2v) is 6.94. The minimum absolute atomic E-state index is 0.0679. The van der Waals surface area contributed by atoms with Crippen molar-refractivity contribution in [3.63, 3.8) is 0 Å². The standard InChI is InChI=1S/C18H20F2N4O3/c19-18(20)15(25)13(27-16(18)24-8-6-14(21)22-17(24)26)10-23-7-5-11-3-1-2-4-12(11)9-23/h1-4,6,8,13,15-16,25H,5,7,9-10H2,(H2,21,22,26)/t13-,15-,16-/m1/s1. The van der Waals surface area contributed by atoms with Crippen molar-refractivity contribution in [3.8, 4) is 0 Å². The number of fused-ring (bicyclic) bond motifs is 1. The third-order valence-electron chi connectivity index (χ3n) is 5.13. The first-order valence-corrected chi connectivity index (χ1v) is 8.71. The average molecular weight is 378 g/mol. The van der Waals surface area contributed by atoms with Crippen molar-refractivity contribution < 1.29 is 18.6 Å². The lowest BCUT2D eigenvalue weighted by molar-refractivity contribution is -0.140. The summed E-state index contributed by atoms with van der Waals surface area (Å²) in [4.78, 5) is 17.3. The van der Waals surface area contributed by atoms with E-state index in [1.807, 2.05) is 23.1 Å². The summed E-state index contributed by atoms with van der Waals surface area (Å²) in [5, 5.41) is 10.2. The Bertz CT molecular complexity index is 904. The number of aliphatic hydroxyl groups is 1. The molecule has 3 heterocycles. The Morgan fingerprint density at radius 3 is 2.78 bits per heavy atom. The second-order valence-electron chi connectivity index (χ2n) is 6.94. The zero-order valence-electron chi connectivity index (χ0n) is 14.5. The molecule has 1 saturated heterocycles. The molecule has 0 amide bonds. The average Bonchev–Trinajstić information content (AvgIpc) is 2.85. The molecular weight excluding hydrogens is 358 g/mol. The van der Waals surface area contributed by atoms with Crippen LogP contribution in [0.15, 0.2) is 41.3 Å². The van der Waals surface area contributed by atoms with E-state index in [9.17, 15) is 18.7 Å². The van der Waals surface area contributed by atoms with Crippen LogP contribution >= 0.6 is 0 Å². The maximum atomic E-state index is 14.6. The third kappa shape index (κ3) is 3.22. The smallest absolute Gasteiger partial charge is 0.351 e. The van der Waals surface area contributed by atoms with Crippen LogP contribution < -0.4 is 11.4 Å². The fourth-order valence-electron chi connectivity index (χ4n) is 3.69. The van der Waals surface area contributed by atoms with Crippen LogP contribution in [0.2, 0.25) is 0 Å². The largest absolute Gasteiger partial charge is 0.384 e. The zero-order valence-corrected chi connectivity index (χ0v) is 14.5. The summed E-state index contributed by atoms with van der Waals surface area (Å²) in [5.41, 5.74) is 6.83. The van der Waals surface area contributed by atoms with Crippen LogP contribution in [0.1, 0.15) is 17.4 Å². The number of nitrogens with zero attached hydrogens (tertiary/aromatic N) is 3. The summed E-state index contributed by atoms with van der Waals surface area (Å²) in [6.07, 6.45) is -3.16. The highest BCUT2D eigenvalue weighted by Crippen LogP contribution is 2.42. The topological polar surface area (TPSA) is 93.6 Å². The van der Waals surface area contributed by atoms with Gasteiger partial charge in [-0.3, -0.25) is 9.47 Å². The van der Waals surface area contributed by atoms with E-state index in [1.165, 1.54) is 11.6 Å². The Balaban J connectivity index is 1.52. The van der Waals surface area contributed by atoms with Crippen LogP contribution in [0.4, 0.5) is 14.6 Å². The normalized spacial score (nSPS) is 27.4. The quantitative estimate of drug-likeness (QED) is 0.820. The number of halogens is 2. The molecule has 0 spiro atoms. The van der Waals surface area contributed by atoms with Gasteiger partial charge in [0.1, 0.15) is 18.0 Å². The van der Waals surface area contributed by atoms with E-state index in [1.54, 1.807) is 0 Å². The molecule has 1 aromatic heterocycles. The first-order chi connectivity index (χ1) is 12.9. The molecular formula is C18H20F2N4O3. The Morgan fingerprint density at radius 2 is 2.04 bits per heavy atom. The van der Waals surface area contributed by atoms with Gasteiger partial charge in [-0.2, -0.15) is 13.8 Å². The number of alkyl halides is 2.